The number of carbonyl (C=O) groups excluding carboxylic acids is 2. The van der Waals surface area contributed by atoms with Gasteiger partial charge in [-0.05, 0) is 38.5 Å². The fourth-order valence-corrected chi connectivity index (χ4v) is 2.75. The summed E-state index contributed by atoms with van der Waals surface area (Å²) in [4.78, 5) is 26.6. The first-order valence-corrected chi connectivity index (χ1v) is 7.62. The molecule has 6 heteroatoms. The molecule has 1 heterocycles. The molecule has 1 N–H and O–H groups in total. The van der Waals surface area contributed by atoms with E-state index in [0.29, 0.717) is 17.9 Å². The van der Waals surface area contributed by atoms with E-state index in [-0.39, 0.29) is 11.8 Å². The number of benzene rings is 1. The Morgan fingerprint density at radius 3 is 2.67 bits per heavy atom. The molecule has 1 aliphatic rings. The zero-order valence-electron chi connectivity index (χ0n) is 12.6. The molecule has 1 aromatic carbocycles. The molecule has 2 rings (SSSR count). The predicted molar refractivity (Wildman–Crippen MR) is 84.5 cm³/mol. The molecular weight excluding hydrogens is 336 g/mol. The minimum Gasteiger partial charge on any atom is -0.495 e. The number of ether oxygens (including phenoxy) is 1. The van der Waals surface area contributed by atoms with Gasteiger partial charge in [-0.25, -0.2) is 0 Å². The van der Waals surface area contributed by atoms with Gasteiger partial charge in [-0.2, -0.15) is 0 Å². The van der Waals surface area contributed by atoms with Gasteiger partial charge in [0.15, 0.2) is 0 Å². The lowest BCUT2D eigenvalue weighted by Gasteiger charge is -2.43. The number of hydrogen-bond donors (Lipinski definition) is 1. The molecule has 0 aliphatic carbocycles. The van der Waals surface area contributed by atoms with Gasteiger partial charge >= 0.3 is 0 Å². The lowest BCUT2D eigenvalue weighted by atomic mass is 9.91. The Morgan fingerprint density at radius 2 is 2.10 bits per heavy atom. The number of anilines is 1. The van der Waals surface area contributed by atoms with E-state index in [9.17, 15) is 9.59 Å². The maximum absolute atomic E-state index is 12.9. The summed E-state index contributed by atoms with van der Waals surface area (Å²) in [6.07, 6.45) is 0.525. The largest absolute Gasteiger partial charge is 0.495 e. The first-order chi connectivity index (χ1) is 9.84. The average molecular weight is 355 g/mol. The Labute approximate surface area is 132 Å². The summed E-state index contributed by atoms with van der Waals surface area (Å²) in [6.45, 7) is 5.34. The summed E-state index contributed by atoms with van der Waals surface area (Å²) in [7, 11) is 1.55. The van der Waals surface area contributed by atoms with Crippen LogP contribution in [-0.2, 0) is 9.59 Å². The van der Waals surface area contributed by atoms with Crippen LogP contribution in [0.15, 0.2) is 22.7 Å². The van der Waals surface area contributed by atoms with Crippen LogP contribution in [0.2, 0.25) is 0 Å². The van der Waals surface area contributed by atoms with Crippen molar-refractivity contribution in [3.63, 3.8) is 0 Å². The van der Waals surface area contributed by atoms with E-state index in [0.717, 1.165) is 4.47 Å². The smallest absolute Gasteiger partial charge is 0.253 e. The molecular formula is C15H19BrN2O3. The molecule has 2 unspecified atom stereocenters. The summed E-state index contributed by atoms with van der Waals surface area (Å²) in [5.74, 6) is 0.265. The van der Waals surface area contributed by atoms with Crippen LogP contribution in [-0.4, -0.2) is 30.5 Å². The molecule has 1 aromatic rings. The van der Waals surface area contributed by atoms with Gasteiger partial charge in [0.1, 0.15) is 17.3 Å². The van der Waals surface area contributed by atoms with Crippen LogP contribution in [0.3, 0.4) is 0 Å². The van der Waals surface area contributed by atoms with E-state index < -0.39 is 11.6 Å². The first-order valence-electron chi connectivity index (χ1n) is 6.83. The topological polar surface area (TPSA) is 58.6 Å². The number of rotatable bonds is 3. The SMILES string of the molecule is CCC1(C)NC(=O)C(C)N(c2cc(Br)ccc2OC)C1=O. The molecule has 5 nitrogen and oxygen atoms in total. The number of nitrogens with one attached hydrogen (secondary N) is 1. The number of hydrogen-bond acceptors (Lipinski definition) is 3. The first kappa shape index (κ1) is 15.8. The molecule has 0 aromatic heterocycles. The van der Waals surface area contributed by atoms with E-state index in [4.69, 9.17) is 4.74 Å². The normalized spacial score (nSPS) is 25.8. The van der Waals surface area contributed by atoms with Crippen LogP contribution in [0.5, 0.6) is 5.75 Å². The Balaban J connectivity index is 2.56. The second-order valence-corrected chi connectivity index (χ2v) is 6.26. The number of carbonyl (C=O) groups is 2. The maximum Gasteiger partial charge on any atom is 0.253 e. The molecule has 2 atom stereocenters. The van der Waals surface area contributed by atoms with Gasteiger partial charge in [-0.3, -0.25) is 14.5 Å². The summed E-state index contributed by atoms with van der Waals surface area (Å²) >= 11 is 3.40. The highest BCUT2D eigenvalue weighted by atomic mass is 79.9. The van der Waals surface area contributed by atoms with Crippen molar-refractivity contribution >= 4 is 33.4 Å². The molecule has 0 bridgehead atoms. The van der Waals surface area contributed by atoms with Crippen LogP contribution < -0.4 is 15.0 Å². The van der Waals surface area contributed by atoms with Gasteiger partial charge in [-0.15, -0.1) is 0 Å². The van der Waals surface area contributed by atoms with Gasteiger partial charge in [0.25, 0.3) is 5.91 Å². The van der Waals surface area contributed by atoms with Gasteiger partial charge in [0.2, 0.25) is 5.91 Å². The minimum atomic E-state index is -0.892. The standard InChI is InChI=1S/C15H19BrN2O3/c1-5-15(3)14(20)18(9(2)13(19)17-15)11-8-10(16)6-7-12(11)21-4/h6-9H,5H2,1-4H3,(H,17,19). The van der Waals surface area contributed by atoms with Crippen molar-refractivity contribution in [2.24, 2.45) is 0 Å². The van der Waals surface area contributed by atoms with E-state index in [2.05, 4.69) is 21.2 Å². The van der Waals surface area contributed by atoms with Crippen LogP contribution in [0.4, 0.5) is 5.69 Å². The molecule has 114 valence electrons. The van der Waals surface area contributed by atoms with Crippen molar-refractivity contribution in [1.82, 2.24) is 5.32 Å². The van der Waals surface area contributed by atoms with E-state index in [1.807, 2.05) is 13.0 Å². The molecule has 1 fully saturated rings. The Hall–Kier alpha value is -1.56. The van der Waals surface area contributed by atoms with Crippen molar-refractivity contribution in [2.45, 2.75) is 38.8 Å². The number of methoxy groups -OCH3 is 1. The van der Waals surface area contributed by atoms with Crippen LogP contribution in [0.1, 0.15) is 27.2 Å². The molecule has 1 aliphatic heterocycles. The highest BCUT2D eigenvalue weighted by Crippen LogP contribution is 2.36. The summed E-state index contributed by atoms with van der Waals surface area (Å²) < 4.78 is 6.16. The van der Waals surface area contributed by atoms with E-state index in [1.165, 1.54) is 4.90 Å². The van der Waals surface area contributed by atoms with Crippen LogP contribution in [0.25, 0.3) is 0 Å². The van der Waals surface area contributed by atoms with Crippen molar-refractivity contribution in [3.05, 3.63) is 22.7 Å². The number of nitrogens with zero attached hydrogens (tertiary/aromatic N) is 1. The zero-order valence-corrected chi connectivity index (χ0v) is 14.2. The number of halogens is 1. The zero-order chi connectivity index (χ0) is 15.8. The lowest BCUT2D eigenvalue weighted by molar-refractivity contribution is -0.137. The quantitative estimate of drug-likeness (QED) is 0.906. The lowest BCUT2D eigenvalue weighted by Crippen LogP contribution is -2.68. The Kier molecular flexibility index (Phi) is 4.27. The second kappa shape index (κ2) is 5.67. The van der Waals surface area contributed by atoms with Crippen molar-refractivity contribution in [3.8, 4) is 5.75 Å². The van der Waals surface area contributed by atoms with Crippen molar-refractivity contribution in [2.75, 3.05) is 12.0 Å². The Bertz CT molecular complexity index is 590. The molecule has 21 heavy (non-hydrogen) atoms. The minimum absolute atomic E-state index is 0.131. The summed E-state index contributed by atoms with van der Waals surface area (Å²) in [5.41, 5.74) is -0.296. The molecule has 0 radical (unpaired) electrons. The fraction of sp³-hybridized carbons (Fsp3) is 0.467. The third-order valence-electron chi connectivity index (χ3n) is 3.96. The molecule has 0 spiro atoms. The highest BCUT2D eigenvalue weighted by molar-refractivity contribution is 9.10. The van der Waals surface area contributed by atoms with Crippen molar-refractivity contribution < 1.29 is 14.3 Å². The third kappa shape index (κ3) is 2.64. The molecule has 0 saturated carbocycles. The van der Waals surface area contributed by atoms with Crippen molar-refractivity contribution in [1.29, 1.82) is 0 Å². The summed E-state index contributed by atoms with van der Waals surface area (Å²) in [6, 6.07) is 4.82. The fourth-order valence-electron chi connectivity index (χ4n) is 2.40. The molecule has 2 amide bonds. The third-order valence-corrected chi connectivity index (χ3v) is 4.46. The van der Waals surface area contributed by atoms with Gasteiger partial charge in [0.05, 0.1) is 12.8 Å². The number of piperazine rings is 1. The predicted octanol–water partition coefficient (Wildman–Crippen LogP) is 2.48. The average Bonchev–Trinajstić information content (AvgIpc) is 2.46. The maximum atomic E-state index is 12.9. The number of amides is 2. The van der Waals surface area contributed by atoms with Gasteiger partial charge in [0, 0.05) is 4.47 Å². The van der Waals surface area contributed by atoms with Crippen LogP contribution >= 0.6 is 15.9 Å². The van der Waals surface area contributed by atoms with Crippen LogP contribution in [0, 0.1) is 0 Å². The molecule has 1 saturated heterocycles. The second-order valence-electron chi connectivity index (χ2n) is 5.34. The monoisotopic (exact) mass is 354 g/mol. The van der Waals surface area contributed by atoms with Gasteiger partial charge in [-0.1, -0.05) is 22.9 Å². The highest BCUT2D eigenvalue weighted by Gasteiger charge is 2.46. The Morgan fingerprint density at radius 1 is 1.43 bits per heavy atom. The van der Waals surface area contributed by atoms with Gasteiger partial charge < -0.3 is 10.1 Å². The van der Waals surface area contributed by atoms with E-state index >= 15 is 0 Å². The van der Waals surface area contributed by atoms with E-state index in [1.54, 1.807) is 33.1 Å². The summed E-state index contributed by atoms with van der Waals surface area (Å²) in [5, 5.41) is 2.81.